The van der Waals surface area contributed by atoms with Gasteiger partial charge in [-0.05, 0) is 54.5 Å². The van der Waals surface area contributed by atoms with Crippen molar-refractivity contribution in [2.45, 2.75) is 13.3 Å². The van der Waals surface area contributed by atoms with Gasteiger partial charge in [0.1, 0.15) is 12.2 Å². The van der Waals surface area contributed by atoms with Crippen molar-refractivity contribution >= 4 is 35.8 Å². The van der Waals surface area contributed by atoms with E-state index in [0.717, 1.165) is 17.7 Å². The molecule has 0 atom stereocenters. The molecule has 1 N–H and O–H groups in total. The number of hydrogen-bond donors (Lipinski definition) is 1. The van der Waals surface area contributed by atoms with E-state index in [9.17, 15) is 19.2 Å². The highest BCUT2D eigenvalue weighted by Gasteiger charge is 2.10. The van der Waals surface area contributed by atoms with E-state index in [-0.39, 0.29) is 5.78 Å². The minimum atomic E-state index is -0.982. The lowest BCUT2D eigenvalue weighted by atomic mass is 10.2. The summed E-state index contributed by atoms with van der Waals surface area (Å²) in [7, 11) is 6.10. The molecule has 0 aromatic heterocycles. The summed E-state index contributed by atoms with van der Waals surface area (Å²) in [4.78, 5) is 43.5. The number of Topliss-reactive ketones (excluding diaryl/α,β-unsaturated/α-hetero) is 1. The molecule has 0 aliphatic heterocycles. The van der Waals surface area contributed by atoms with Gasteiger partial charge in [-0.15, -0.1) is 0 Å². The van der Waals surface area contributed by atoms with Crippen molar-refractivity contribution in [2.24, 2.45) is 0 Å². The molecule has 192 valence electrons. The summed E-state index contributed by atoms with van der Waals surface area (Å²) in [6.07, 6.45) is 4.70. The highest BCUT2D eigenvalue weighted by molar-refractivity contribution is 6.01. The molecule has 0 saturated heterocycles. The van der Waals surface area contributed by atoms with Gasteiger partial charge in [-0.25, -0.2) is 9.59 Å². The molecule has 0 aliphatic carbocycles. The number of carboxylic acids is 1. The molecular formula is C26H28O10. The Morgan fingerprint density at radius 2 is 1.17 bits per heavy atom. The second-order valence-corrected chi connectivity index (χ2v) is 6.91. The van der Waals surface area contributed by atoms with Gasteiger partial charge in [-0.2, -0.15) is 0 Å². The van der Waals surface area contributed by atoms with Gasteiger partial charge in [0.15, 0.2) is 23.0 Å². The summed E-state index contributed by atoms with van der Waals surface area (Å²) in [5.41, 5.74) is 1.42. The maximum absolute atomic E-state index is 11.4. The first-order chi connectivity index (χ1) is 17.1. The van der Waals surface area contributed by atoms with E-state index in [1.807, 2.05) is 0 Å². The molecule has 2 aromatic carbocycles. The van der Waals surface area contributed by atoms with Crippen LogP contribution in [0.25, 0.3) is 12.2 Å². The third-order valence-corrected chi connectivity index (χ3v) is 4.25. The molecule has 0 unspecified atom stereocenters. The Hall–Kier alpha value is -4.60. The van der Waals surface area contributed by atoms with E-state index < -0.39 is 24.3 Å². The van der Waals surface area contributed by atoms with Crippen molar-refractivity contribution in [1.29, 1.82) is 0 Å². The Bertz CT molecular complexity index is 1130. The number of aliphatic carboxylic acids is 1. The Morgan fingerprint density at radius 1 is 0.722 bits per heavy atom. The average molecular weight is 501 g/mol. The fourth-order valence-electron chi connectivity index (χ4n) is 2.63. The Balaban J connectivity index is 0.000000381. The van der Waals surface area contributed by atoms with Gasteiger partial charge in [0.25, 0.3) is 0 Å². The van der Waals surface area contributed by atoms with Crippen LogP contribution in [0.15, 0.2) is 48.6 Å². The fraction of sp³-hybridized carbons (Fsp3) is 0.231. The van der Waals surface area contributed by atoms with Crippen LogP contribution in [0.2, 0.25) is 0 Å². The number of esters is 2. The largest absolute Gasteiger partial charge is 0.493 e. The van der Waals surface area contributed by atoms with Crippen LogP contribution < -0.4 is 18.9 Å². The van der Waals surface area contributed by atoms with Gasteiger partial charge in [-0.3, -0.25) is 9.59 Å². The number of rotatable bonds is 10. The van der Waals surface area contributed by atoms with Crippen LogP contribution in [0.5, 0.6) is 23.0 Å². The number of ether oxygens (including phenoxy) is 5. The first kappa shape index (κ1) is 29.4. The van der Waals surface area contributed by atoms with Gasteiger partial charge in [-0.1, -0.05) is 12.1 Å². The number of carboxylic acid groups (broad SMARTS) is 1. The molecule has 0 amide bonds. The predicted molar refractivity (Wildman–Crippen MR) is 131 cm³/mol. The number of methoxy groups -OCH3 is 4. The lowest BCUT2D eigenvalue weighted by molar-refractivity contribution is -0.156. The molecule has 0 fully saturated rings. The summed E-state index contributed by atoms with van der Waals surface area (Å²) in [5.74, 6) is -0.786. The van der Waals surface area contributed by atoms with Crippen LogP contribution in [0.1, 0.15) is 24.5 Å². The molecule has 0 heterocycles. The highest BCUT2D eigenvalue weighted by atomic mass is 16.6. The van der Waals surface area contributed by atoms with E-state index in [2.05, 4.69) is 4.74 Å². The van der Waals surface area contributed by atoms with Gasteiger partial charge in [0.2, 0.25) is 0 Å². The van der Waals surface area contributed by atoms with E-state index in [4.69, 9.17) is 24.1 Å². The second-order valence-electron chi connectivity index (χ2n) is 6.91. The second kappa shape index (κ2) is 15.3. The Kier molecular flexibility index (Phi) is 12.5. The SMILES string of the molecule is COc1ccc(/C=C/C(=O)O)cc1OC.COc1ccc(/C=C/C(=O)OC(=O)CC(C)=O)cc1OC. The molecular weight excluding hydrogens is 472 g/mol. The molecule has 36 heavy (non-hydrogen) atoms. The molecule has 10 heteroatoms. The summed E-state index contributed by atoms with van der Waals surface area (Å²) in [5, 5.41) is 8.46. The van der Waals surface area contributed by atoms with Gasteiger partial charge >= 0.3 is 17.9 Å². The van der Waals surface area contributed by atoms with Crippen LogP contribution in [0.3, 0.4) is 0 Å². The van der Waals surface area contributed by atoms with Crippen molar-refractivity contribution in [3.63, 3.8) is 0 Å². The zero-order valence-corrected chi connectivity index (χ0v) is 20.6. The smallest absolute Gasteiger partial charge is 0.338 e. The van der Waals surface area contributed by atoms with Crippen molar-refractivity contribution in [3.8, 4) is 23.0 Å². The van der Waals surface area contributed by atoms with Crippen LogP contribution in [0.4, 0.5) is 0 Å². The van der Waals surface area contributed by atoms with Crippen molar-refractivity contribution < 1.29 is 48.0 Å². The minimum Gasteiger partial charge on any atom is -0.493 e. The molecule has 0 bridgehead atoms. The summed E-state index contributed by atoms with van der Waals surface area (Å²) < 4.78 is 24.8. The Labute approximate surface area is 208 Å². The van der Waals surface area contributed by atoms with Crippen molar-refractivity contribution in [2.75, 3.05) is 28.4 Å². The predicted octanol–water partition coefficient (Wildman–Crippen LogP) is 3.57. The summed E-state index contributed by atoms with van der Waals surface area (Å²) in [6.45, 7) is 1.24. The van der Waals surface area contributed by atoms with Gasteiger partial charge in [0, 0.05) is 12.2 Å². The van der Waals surface area contributed by atoms with Crippen molar-refractivity contribution in [1.82, 2.24) is 0 Å². The van der Waals surface area contributed by atoms with Gasteiger partial charge < -0.3 is 28.8 Å². The zero-order valence-electron chi connectivity index (χ0n) is 20.6. The molecule has 10 nitrogen and oxygen atoms in total. The maximum Gasteiger partial charge on any atom is 0.338 e. The van der Waals surface area contributed by atoms with Crippen LogP contribution >= 0.6 is 0 Å². The molecule has 0 saturated carbocycles. The Morgan fingerprint density at radius 3 is 1.56 bits per heavy atom. The average Bonchev–Trinajstić information content (AvgIpc) is 2.85. The van der Waals surface area contributed by atoms with Crippen LogP contribution in [0, 0.1) is 0 Å². The van der Waals surface area contributed by atoms with E-state index >= 15 is 0 Å². The number of carbonyl (C=O) groups excluding carboxylic acids is 3. The standard InChI is InChI=1S/C15H16O6.C11H12O4/c1-10(16)8-15(18)21-14(17)7-5-11-4-6-12(19-2)13(9-11)20-3;1-14-9-5-3-8(4-6-11(12)13)7-10(9)15-2/h4-7,9H,8H2,1-3H3;3-7H,1-2H3,(H,12,13)/b7-5+;6-4+. The molecule has 0 aliphatic rings. The summed E-state index contributed by atoms with van der Waals surface area (Å²) in [6, 6.07) is 10.2. The maximum atomic E-state index is 11.4. The quantitative estimate of drug-likeness (QED) is 0.293. The lowest BCUT2D eigenvalue weighted by Gasteiger charge is -2.07. The number of benzene rings is 2. The molecule has 0 spiro atoms. The lowest BCUT2D eigenvalue weighted by Crippen LogP contribution is -2.12. The van der Waals surface area contributed by atoms with E-state index in [1.54, 1.807) is 43.5 Å². The highest BCUT2D eigenvalue weighted by Crippen LogP contribution is 2.28. The van der Waals surface area contributed by atoms with Crippen molar-refractivity contribution in [3.05, 3.63) is 59.7 Å². The number of ketones is 1. The zero-order chi connectivity index (χ0) is 27.1. The normalized spacial score (nSPS) is 10.2. The van der Waals surface area contributed by atoms with Gasteiger partial charge in [0.05, 0.1) is 28.4 Å². The minimum absolute atomic E-state index is 0.364. The number of carbonyl (C=O) groups is 4. The van der Waals surface area contributed by atoms with Crippen LogP contribution in [-0.2, 0) is 23.9 Å². The summed E-state index contributed by atoms with van der Waals surface area (Å²) >= 11 is 0. The third-order valence-electron chi connectivity index (χ3n) is 4.25. The first-order valence-electron chi connectivity index (χ1n) is 10.4. The topological polar surface area (TPSA) is 135 Å². The monoisotopic (exact) mass is 500 g/mol. The van der Waals surface area contributed by atoms with Crippen LogP contribution in [-0.4, -0.2) is 57.2 Å². The molecule has 2 rings (SSSR count). The molecule has 0 radical (unpaired) electrons. The first-order valence-corrected chi connectivity index (χ1v) is 10.4. The van der Waals surface area contributed by atoms with E-state index in [1.165, 1.54) is 40.4 Å². The molecule has 2 aromatic rings. The third kappa shape index (κ3) is 10.6. The number of hydrogen-bond acceptors (Lipinski definition) is 9. The van der Waals surface area contributed by atoms with E-state index in [0.29, 0.717) is 28.6 Å². The fourth-order valence-corrected chi connectivity index (χ4v) is 2.63.